The summed E-state index contributed by atoms with van der Waals surface area (Å²) >= 11 is 0. The predicted octanol–water partition coefficient (Wildman–Crippen LogP) is 2.47. The van der Waals surface area contributed by atoms with E-state index in [1.54, 1.807) is 0 Å². The molecule has 0 radical (unpaired) electrons. The Hall–Kier alpha value is -3.15. The van der Waals surface area contributed by atoms with E-state index in [1.165, 1.54) is 0 Å². The molecule has 1 amide bonds. The van der Waals surface area contributed by atoms with Crippen LogP contribution in [-0.4, -0.2) is 51.5 Å². The molecule has 1 aromatic carbocycles. The first-order valence-electron chi connectivity index (χ1n) is 9.25. The Morgan fingerprint density at radius 1 is 0.926 bits per heavy atom. The van der Waals surface area contributed by atoms with Gasteiger partial charge in [0.2, 0.25) is 5.91 Å². The second kappa shape index (κ2) is 7.61. The highest BCUT2D eigenvalue weighted by atomic mass is 16.2. The Morgan fingerprint density at radius 3 is 2.30 bits per heavy atom. The average molecular weight is 361 g/mol. The molecule has 1 fully saturated rings. The Kier molecular flexibility index (Phi) is 4.87. The molecular formula is C21H23N5O. The summed E-state index contributed by atoms with van der Waals surface area (Å²) in [6, 6.07) is 15.9. The zero-order valence-corrected chi connectivity index (χ0v) is 15.5. The van der Waals surface area contributed by atoms with Gasteiger partial charge in [0, 0.05) is 44.6 Å². The molecule has 0 N–H and O–H groups in total. The monoisotopic (exact) mass is 361 g/mol. The van der Waals surface area contributed by atoms with Crippen molar-refractivity contribution in [3.05, 3.63) is 72.3 Å². The summed E-state index contributed by atoms with van der Waals surface area (Å²) < 4.78 is 1.98. The summed E-state index contributed by atoms with van der Waals surface area (Å²) in [7, 11) is 0. The number of carbonyl (C=O) groups excluding carboxylic acids is 1. The number of piperazine rings is 1. The van der Waals surface area contributed by atoms with Crippen molar-refractivity contribution < 1.29 is 4.79 Å². The van der Waals surface area contributed by atoms with E-state index in [0.29, 0.717) is 19.5 Å². The van der Waals surface area contributed by atoms with Crippen LogP contribution in [0, 0.1) is 6.92 Å². The third-order valence-electron chi connectivity index (χ3n) is 4.83. The van der Waals surface area contributed by atoms with Gasteiger partial charge in [-0.2, -0.15) is 0 Å². The first-order valence-corrected chi connectivity index (χ1v) is 9.25. The first kappa shape index (κ1) is 17.3. The van der Waals surface area contributed by atoms with Crippen molar-refractivity contribution in [1.29, 1.82) is 0 Å². The molecule has 0 unspecified atom stereocenters. The number of aryl methyl sites for hydroxylation is 1. The average Bonchev–Trinajstić information content (AvgIpc) is 3.23. The van der Waals surface area contributed by atoms with Crippen molar-refractivity contribution in [2.75, 3.05) is 31.1 Å². The molecule has 138 valence electrons. The van der Waals surface area contributed by atoms with Crippen LogP contribution in [0.1, 0.15) is 11.4 Å². The van der Waals surface area contributed by atoms with E-state index in [4.69, 9.17) is 0 Å². The standard InChI is InChI=1S/C21H23N5O/c1-17-22-19(24-9-5-6-10-24)16-20(23-17)25-11-13-26(14-12-25)21(27)15-18-7-3-2-4-8-18/h2-10,16H,11-15H2,1H3. The van der Waals surface area contributed by atoms with Crippen molar-refractivity contribution in [3.63, 3.8) is 0 Å². The second-order valence-corrected chi connectivity index (χ2v) is 6.75. The van der Waals surface area contributed by atoms with E-state index in [0.717, 1.165) is 36.1 Å². The van der Waals surface area contributed by atoms with E-state index in [-0.39, 0.29) is 5.91 Å². The largest absolute Gasteiger partial charge is 0.353 e. The molecular weight excluding hydrogens is 338 g/mol. The van der Waals surface area contributed by atoms with Gasteiger partial charge in [-0.05, 0) is 24.6 Å². The van der Waals surface area contributed by atoms with Crippen molar-refractivity contribution in [1.82, 2.24) is 19.4 Å². The van der Waals surface area contributed by atoms with Gasteiger partial charge in [0.1, 0.15) is 17.5 Å². The van der Waals surface area contributed by atoms with E-state index < -0.39 is 0 Å². The highest BCUT2D eigenvalue weighted by Gasteiger charge is 2.22. The lowest BCUT2D eigenvalue weighted by Crippen LogP contribution is -2.49. The van der Waals surface area contributed by atoms with Gasteiger partial charge in [0.15, 0.2) is 0 Å². The molecule has 1 aliphatic rings. The van der Waals surface area contributed by atoms with Crippen LogP contribution in [0.3, 0.4) is 0 Å². The quantitative estimate of drug-likeness (QED) is 0.716. The van der Waals surface area contributed by atoms with Gasteiger partial charge < -0.3 is 14.4 Å². The fourth-order valence-electron chi connectivity index (χ4n) is 3.39. The molecule has 1 saturated heterocycles. The number of hydrogen-bond donors (Lipinski definition) is 0. The summed E-state index contributed by atoms with van der Waals surface area (Å²) in [4.78, 5) is 25.9. The van der Waals surface area contributed by atoms with Gasteiger partial charge in [0.05, 0.1) is 6.42 Å². The predicted molar refractivity (Wildman–Crippen MR) is 105 cm³/mol. The van der Waals surface area contributed by atoms with Crippen LogP contribution in [0.15, 0.2) is 60.9 Å². The summed E-state index contributed by atoms with van der Waals surface area (Å²) in [5, 5.41) is 0. The number of hydrogen-bond acceptors (Lipinski definition) is 4. The number of anilines is 1. The fourth-order valence-corrected chi connectivity index (χ4v) is 3.39. The number of nitrogens with zero attached hydrogens (tertiary/aromatic N) is 5. The van der Waals surface area contributed by atoms with E-state index in [2.05, 4.69) is 14.9 Å². The molecule has 0 bridgehead atoms. The zero-order valence-electron chi connectivity index (χ0n) is 15.5. The SMILES string of the molecule is Cc1nc(N2CCN(C(=O)Cc3ccccc3)CC2)cc(-n2cccc2)n1. The molecule has 4 rings (SSSR count). The number of carbonyl (C=O) groups is 1. The molecule has 0 aliphatic carbocycles. The van der Waals surface area contributed by atoms with Crippen LogP contribution in [0.25, 0.3) is 5.82 Å². The second-order valence-electron chi connectivity index (χ2n) is 6.75. The van der Waals surface area contributed by atoms with E-state index in [9.17, 15) is 4.79 Å². The minimum absolute atomic E-state index is 0.188. The lowest BCUT2D eigenvalue weighted by molar-refractivity contribution is -0.130. The molecule has 3 aromatic rings. The number of rotatable bonds is 4. The minimum atomic E-state index is 0.188. The topological polar surface area (TPSA) is 54.3 Å². The number of benzene rings is 1. The molecule has 0 spiro atoms. The molecule has 6 heteroatoms. The summed E-state index contributed by atoms with van der Waals surface area (Å²) in [6.07, 6.45) is 4.42. The number of amides is 1. The highest BCUT2D eigenvalue weighted by molar-refractivity contribution is 5.79. The number of aromatic nitrogens is 3. The maximum Gasteiger partial charge on any atom is 0.227 e. The van der Waals surface area contributed by atoms with E-state index >= 15 is 0 Å². The molecule has 6 nitrogen and oxygen atoms in total. The summed E-state index contributed by atoms with van der Waals surface area (Å²) in [5.41, 5.74) is 1.06. The van der Waals surface area contributed by atoms with Gasteiger partial charge in [-0.1, -0.05) is 30.3 Å². The van der Waals surface area contributed by atoms with E-state index in [1.807, 2.05) is 77.3 Å². The van der Waals surface area contributed by atoms with Crippen LogP contribution in [0.5, 0.6) is 0 Å². The van der Waals surface area contributed by atoms with Crippen molar-refractivity contribution in [2.45, 2.75) is 13.3 Å². The molecule has 27 heavy (non-hydrogen) atoms. The molecule has 0 saturated carbocycles. The molecule has 3 heterocycles. The lowest BCUT2D eigenvalue weighted by atomic mass is 10.1. The Balaban J connectivity index is 1.41. The smallest absolute Gasteiger partial charge is 0.227 e. The molecule has 2 aromatic heterocycles. The van der Waals surface area contributed by atoms with Gasteiger partial charge >= 0.3 is 0 Å². The van der Waals surface area contributed by atoms with Gasteiger partial charge in [0.25, 0.3) is 0 Å². The van der Waals surface area contributed by atoms with Crippen LogP contribution in [0.4, 0.5) is 5.82 Å². The Bertz CT molecular complexity index is 900. The maximum absolute atomic E-state index is 12.6. The zero-order chi connectivity index (χ0) is 18.6. The van der Waals surface area contributed by atoms with Gasteiger partial charge in [-0.25, -0.2) is 9.97 Å². The van der Waals surface area contributed by atoms with Crippen molar-refractivity contribution in [2.24, 2.45) is 0 Å². The van der Waals surface area contributed by atoms with Crippen LogP contribution < -0.4 is 4.90 Å². The third kappa shape index (κ3) is 4.00. The summed E-state index contributed by atoms with van der Waals surface area (Å²) in [5.74, 6) is 2.72. The maximum atomic E-state index is 12.6. The lowest BCUT2D eigenvalue weighted by Gasteiger charge is -2.35. The summed E-state index contributed by atoms with van der Waals surface area (Å²) in [6.45, 7) is 4.90. The van der Waals surface area contributed by atoms with Crippen molar-refractivity contribution in [3.8, 4) is 5.82 Å². The molecule has 0 atom stereocenters. The van der Waals surface area contributed by atoms with Crippen LogP contribution in [-0.2, 0) is 11.2 Å². The van der Waals surface area contributed by atoms with Crippen LogP contribution in [0.2, 0.25) is 0 Å². The third-order valence-corrected chi connectivity index (χ3v) is 4.83. The van der Waals surface area contributed by atoms with Crippen LogP contribution >= 0.6 is 0 Å². The molecule has 1 aliphatic heterocycles. The normalized spacial score (nSPS) is 14.4. The fraction of sp³-hybridized carbons (Fsp3) is 0.286. The van der Waals surface area contributed by atoms with Gasteiger partial charge in [-0.15, -0.1) is 0 Å². The first-order chi connectivity index (χ1) is 13.2. The van der Waals surface area contributed by atoms with Gasteiger partial charge in [-0.3, -0.25) is 4.79 Å². The Morgan fingerprint density at radius 2 is 1.59 bits per heavy atom. The van der Waals surface area contributed by atoms with Crippen molar-refractivity contribution >= 4 is 11.7 Å². The Labute approximate surface area is 159 Å². The minimum Gasteiger partial charge on any atom is -0.353 e. The highest BCUT2D eigenvalue weighted by Crippen LogP contribution is 2.18.